The molecule has 1 aromatic rings. The lowest BCUT2D eigenvalue weighted by atomic mass is 10.2. The van der Waals surface area contributed by atoms with Crippen LogP contribution in [0.1, 0.15) is 18.9 Å². The van der Waals surface area contributed by atoms with Crippen molar-refractivity contribution < 1.29 is 5.11 Å². The molecule has 2 N–H and O–H groups in total. The van der Waals surface area contributed by atoms with Crippen LogP contribution in [0.2, 0.25) is 0 Å². The van der Waals surface area contributed by atoms with Crippen LogP contribution in [0.25, 0.3) is 0 Å². The Labute approximate surface area is 96.3 Å². The number of nitrogens with one attached hydrogen (secondary N) is 1. The summed E-state index contributed by atoms with van der Waals surface area (Å²) in [7, 11) is 0. The van der Waals surface area contributed by atoms with E-state index in [0.29, 0.717) is 0 Å². The minimum absolute atomic E-state index is 0.143. The molecular formula is C12H19N3O. The highest BCUT2D eigenvalue weighted by atomic mass is 16.3. The van der Waals surface area contributed by atoms with E-state index < -0.39 is 0 Å². The summed E-state index contributed by atoms with van der Waals surface area (Å²) in [6, 6.07) is 4.11. The van der Waals surface area contributed by atoms with Gasteiger partial charge in [0, 0.05) is 32.4 Å². The number of likely N-dealkylation sites (tertiary alicyclic amines) is 1. The van der Waals surface area contributed by atoms with Crippen molar-refractivity contribution in [3.8, 4) is 0 Å². The highest BCUT2D eigenvalue weighted by molar-refractivity contribution is 5.37. The molecule has 4 heteroatoms. The van der Waals surface area contributed by atoms with E-state index in [9.17, 15) is 5.11 Å². The summed E-state index contributed by atoms with van der Waals surface area (Å²) >= 11 is 0. The Kier molecular flexibility index (Phi) is 3.74. The Balaban J connectivity index is 1.95. The fourth-order valence-electron chi connectivity index (χ4n) is 2.06. The highest BCUT2D eigenvalue weighted by Gasteiger charge is 2.19. The SMILES string of the molecule is CCNc1cc(CN2CCC(O)C2)ccn1. The van der Waals surface area contributed by atoms with Gasteiger partial charge < -0.3 is 10.4 Å². The molecule has 1 aliphatic rings. The zero-order valence-electron chi connectivity index (χ0n) is 9.69. The third-order valence-electron chi connectivity index (χ3n) is 2.84. The Morgan fingerprint density at radius 1 is 1.62 bits per heavy atom. The molecule has 1 fully saturated rings. The monoisotopic (exact) mass is 221 g/mol. The number of aliphatic hydroxyl groups excluding tert-OH is 1. The van der Waals surface area contributed by atoms with Crippen LogP contribution in [0, 0.1) is 0 Å². The van der Waals surface area contributed by atoms with Gasteiger partial charge in [0.1, 0.15) is 5.82 Å². The van der Waals surface area contributed by atoms with Gasteiger partial charge in [-0.3, -0.25) is 4.90 Å². The van der Waals surface area contributed by atoms with Gasteiger partial charge in [-0.1, -0.05) is 0 Å². The molecule has 16 heavy (non-hydrogen) atoms. The normalized spacial score (nSPS) is 21.2. The standard InChI is InChI=1S/C12H19N3O/c1-2-13-12-7-10(3-5-14-12)8-15-6-4-11(16)9-15/h3,5,7,11,16H,2,4,6,8-9H2,1H3,(H,13,14). The fraction of sp³-hybridized carbons (Fsp3) is 0.583. The number of pyridine rings is 1. The number of nitrogens with zero attached hydrogens (tertiary/aromatic N) is 2. The molecule has 1 aliphatic heterocycles. The maximum Gasteiger partial charge on any atom is 0.126 e. The zero-order valence-corrected chi connectivity index (χ0v) is 9.69. The van der Waals surface area contributed by atoms with Gasteiger partial charge in [-0.15, -0.1) is 0 Å². The van der Waals surface area contributed by atoms with Crippen molar-refractivity contribution in [1.29, 1.82) is 0 Å². The molecule has 0 aliphatic carbocycles. The van der Waals surface area contributed by atoms with Crippen LogP contribution in [0.15, 0.2) is 18.3 Å². The summed E-state index contributed by atoms with van der Waals surface area (Å²) < 4.78 is 0. The van der Waals surface area contributed by atoms with E-state index in [1.165, 1.54) is 5.56 Å². The predicted octanol–water partition coefficient (Wildman–Crippen LogP) is 1.08. The number of β-amino-alcohol motifs (C(OH)–C–C–N with tert-alkyl or cyclic N) is 1. The van der Waals surface area contributed by atoms with Crippen LogP contribution in [-0.4, -0.2) is 40.7 Å². The molecule has 0 bridgehead atoms. The molecule has 88 valence electrons. The molecule has 0 saturated carbocycles. The minimum atomic E-state index is -0.143. The van der Waals surface area contributed by atoms with Crippen molar-refractivity contribution in [1.82, 2.24) is 9.88 Å². The highest BCUT2D eigenvalue weighted by Crippen LogP contribution is 2.14. The van der Waals surface area contributed by atoms with Gasteiger partial charge in [0.15, 0.2) is 0 Å². The first kappa shape index (κ1) is 11.4. The Morgan fingerprint density at radius 3 is 3.19 bits per heavy atom. The van der Waals surface area contributed by atoms with E-state index in [1.54, 1.807) is 0 Å². The number of hydrogen-bond donors (Lipinski definition) is 2. The third kappa shape index (κ3) is 2.93. The van der Waals surface area contributed by atoms with E-state index in [1.807, 2.05) is 12.3 Å². The largest absolute Gasteiger partial charge is 0.392 e. The second kappa shape index (κ2) is 5.27. The quantitative estimate of drug-likeness (QED) is 0.799. The van der Waals surface area contributed by atoms with E-state index >= 15 is 0 Å². The van der Waals surface area contributed by atoms with Gasteiger partial charge in [0.25, 0.3) is 0 Å². The summed E-state index contributed by atoms with van der Waals surface area (Å²) in [5.74, 6) is 0.930. The van der Waals surface area contributed by atoms with E-state index in [2.05, 4.69) is 28.2 Å². The second-order valence-corrected chi connectivity index (χ2v) is 4.26. The maximum atomic E-state index is 9.45. The topological polar surface area (TPSA) is 48.4 Å². The smallest absolute Gasteiger partial charge is 0.126 e. The molecule has 1 unspecified atom stereocenters. The van der Waals surface area contributed by atoms with Gasteiger partial charge >= 0.3 is 0 Å². The van der Waals surface area contributed by atoms with Crippen LogP contribution in [-0.2, 0) is 6.54 Å². The first-order chi connectivity index (χ1) is 7.78. The maximum absolute atomic E-state index is 9.45. The summed E-state index contributed by atoms with van der Waals surface area (Å²) in [5.41, 5.74) is 1.25. The van der Waals surface area contributed by atoms with Crippen molar-refractivity contribution in [3.05, 3.63) is 23.9 Å². The second-order valence-electron chi connectivity index (χ2n) is 4.26. The van der Waals surface area contributed by atoms with Crippen LogP contribution in [0.5, 0.6) is 0 Å². The number of aromatic nitrogens is 1. The van der Waals surface area contributed by atoms with Crippen molar-refractivity contribution in [2.45, 2.75) is 26.0 Å². The van der Waals surface area contributed by atoms with Gasteiger partial charge in [-0.05, 0) is 31.0 Å². The first-order valence-corrected chi connectivity index (χ1v) is 5.87. The molecule has 1 aromatic heterocycles. The number of anilines is 1. The lowest BCUT2D eigenvalue weighted by Crippen LogP contribution is -2.21. The number of aliphatic hydroxyl groups is 1. The molecule has 2 rings (SSSR count). The van der Waals surface area contributed by atoms with Crippen molar-refractivity contribution in [2.75, 3.05) is 25.0 Å². The number of rotatable bonds is 4. The summed E-state index contributed by atoms with van der Waals surface area (Å²) in [5, 5.41) is 12.7. The van der Waals surface area contributed by atoms with Crippen LogP contribution in [0.4, 0.5) is 5.82 Å². The van der Waals surface area contributed by atoms with Gasteiger partial charge in [-0.25, -0.2) is 4.98 Å². The molecule has 4 nitrogen and oxygen atoms in total. The minimum Gasteiger partial charge on any atom is -0.392 e. The lowest BCUT2D eigenvalue weighted by Gasteiger charge is -2.15. The van der Waals surface area contributed by atoms with E-state index in [-0.39, 0.29) is 6.10 Å². The van der Waals surface area contributed by atoms with Gasteiger partial charge in [0.2, 0.25) is 0 Å². The Morgan fingerprint density at radius 2 is 2.50 bits per heavy atom. The van der Waals surface area contributed by atoms with Crippen molar-refractivity contribution >= 4 is 5.82 Å². The van der Waals surface area contributed by atoms with Crippen LogP contribution < -0.4 is 5.32 Å². The molecule has 0 radical (unpaired) electrons. The zero-order chi connectivity index (χ0) is 11.4. The summed E-state index contributed by atoms with van der Waals surface area (Å²) in [6.45, 7) is 5.63. The summed E-state index contributed by atoms with van der Waals surface area (Å²) in [6.07, 6.45) is 2.58. The van der Waals surface area contributed by atoms with Crippen LogP contribution in [0.3, 0.4) is 0 Å². The molecule has 1 saturated heterocycles. The average Bonchev–Trinajstić information content (AvgIpc) is 2.65. The molecule has 0 amide bonds. The summed E-state index contributed by atoms with van der Waals surface area (Å²) in [4.78, 5) is 6.51. The molecular weight excluding hydrogens is 202 g/mol. The predicted molar refractivity (Wildman–Crippen MR) is 64.3 cm³/mol. The lowest BCUT2D eigenvalue weighted by molar-refractivity contribution is 0.175. The van der Waals surface area contributed by atoms with Crippen LogP contribution >= 0.6 is 0 Å². The molecule has 0 spiro atoms. The molecule has 1 atom stereocenters. The Hall–Kier alpha value is -1.13. The van der Waals surface area contributed by atoms with Crippen molar-refractivity contribution in [3.63, 3.8) is 0 Å². The van der Waals surface area contributed by atoms with E-state index in [0.717, 1.165) is 38.4 Å². The molecule has 2 heterocycles. The first-order valence-electron chi connectivity index (χ1n) is 5.87. The average molecular weight is 221 g/mol. The number of hydrogen-bond acceptors (Lipinski definition) is 4. The van der Waals surface area contributed by atoms with E-state index in [4.69, 9.17) is 0 Å². The van der Waals surface area contributed by atoms with Crippen molar-refractivity contribution in [2.24, 2.45) is 0 Å². The van der Waals surface area contributed by atoms with Gasteiger partial charge in [-0.2, -0.15) is 0 Å². The third-order valence-corrected chi connectivity index (χ3v) is 2.84. The molecule has 0 aromatic carbocycles. The van der Waals surface area contributed by atoms with Gasteiger partial charge in [0.05, 0.1) is 6.10 Å². The Bertz CT molecular complexity index is 343. The fourth-order valence-corrected chi connectivity index (χ4v) is 2.06.